The minimum atomic E-state index is -0.0406. The molecule has 3 aromatic rings. The number of aromatic nitrogens is 1. The second-order valence-electron chi connectivity index (χ2n) is 5.83. The molecular weight excluding hydrogens is 363 g/mol. The van der Waals surface area contributed by atoms with Crippen molar-refractivity contribution in [2.24, 2.45) is 0 Å². The van der Waals surface area contributed by atoms with E-state index in [0.29, 0.717) is 15.6 Å². The van der Waals surface area contributed by atoms with Gasteiger partial charge in [-0.25, -0.2) is 4.98 Å². The summed E-state index contributed by atoms with van der Waals surface area (Å²) in [6.07, 6.45) is 1.90. The zero-order valence-electron chi connectivity index (χ0n) is 12.7. The molecule has 6 heteroatoms. The molecule has 0 spiro atoms. The van der Waals surface area contributed by atoms with Gasteiger partial charge in [-0.15, -0.1) is 11.3 Å². The number of benzene rings is 2. The monoisotopic (exact) mass is 376 g/mol. The Labute approximate surface area is 153 Å². The Morgan fingerprint density at radius 1 is 1.17 bits per heavy atom. The van der Waals surface area contributed by atoms with Gasteiger partial charge in [0, 0.05) is 22.2 Å². The van der Waals surface area contributed by atoms with Gasteiger partial charge in [-0.05, 0) is 43.2 Å². The van der Waals surface area contributed by atoms with Crippen LogP contribution in [0.3, 0.4) is 0 Å². The van der Waals surface area contributed by atoms with E-state index in [1.54, 1.807) is 29.5 Å². The molecule has 0 bridgehead atoms. The first-order valence-electron chi connectivity index (χ1n) is 7.74. The lowest BCUT2D eigenvalue weighted by atomic mass is 10.1. The quantitative estimate of drug-likeness (QED) is 0.584. The van der Waals surface area contributed by atoms with Crippen LogP contribution in [0.4, 0.5) is 0 Å². The lowest BCUT2D eigenvalue weighted by Crippen LogP contribution is -2.30. The van der Waals surface area contributed by atoms with Crippen molar-refractivity contribution in [2.75, 3.05) is 6.54 Å². The molecular formula is C18H14Cl2N2OS. The minimum Gasteiger partial charge on any atom is -0.329 e. The third-order valence-electron chi connectivity index (χ3n) is 4.22. The van der Waals surface area contributed by atoms with Crippen LogP contribution in [-0.4, -0.2) is 22.3 Å². The van der Waals surface area contributed by atoms with Gasteiger partial charge in [-0.2, -0.15) is 0 Å². The van der Waals surface area contributed by atoms with Crippen LogP contribution in [0.1, 0.15) is 34.2 Å². The molecule has 0 N–H and O–H groups in total. The molecule has 0 aliphatic carbocycles. The van der Waals surface area contributed by atoms with Gasteiger partial charge < -0.3 is 4.90 Å². The Morgan fingerprint density at radius 3 is 2.67 bits per heavy atom. The van der Waals surface area contributed by atoms with Crippen LogP contribution in [0.25, 0.3) is 10.2 Å². The average Bonchev–Trinajstić information content (AvgIpc) is 3.19. The molecule has 122 valence electrons. The van der Waals surface area contributed by atoms with Gasteiger partial charge in [-0.1, -0.05) is 35.3 Å². The summed E-state index contributed by atoms with van der Waals surface area (Å²) in [5.74, 6) is -0.0406. The Hall–Kier alpha value is -1.62. The molecule has 4 rings (SSSR count). The molecule has 24 heavy (non-hydrogen) atoms. The number of rotatable bonds is 2. The van der Waals surface area contributed by atoms with E-state index < -0.39 is 0 Å². The largest absolute Gasteiger partial charge is 0.329 e. The van der Waals surface area contributed by atoms with E-state index in [0.717, 1.165) is 34.6 Å². The summed E-state index contributed by atoms with van der Waals surface area (Å²) >= 11 is 13.7. The smallest absolute Gasteiger partial charge is 0.254 e. The van der Waals surface area contributed by atoms with Crippen molar-refractivity contribution in [1.29, 1.82) is 0 Å². The standard InChI is InChI=1S/C18H14Cl2N2OS/c19-12-8-11(9-13(20)10-12)18(23)22-7-3-5-15(22)17-21-14-4-1-2-6-16(14)24-17/h1-2,4,6,8-10,15H,3,5,7H2. The number of thiazole rings is 1. The molecule has 0 saturated carbocycles. The van der Waals surface area contributed by atoms with Crippen LogP contribution in [0, 0.1) is 0 Å². The number of hydrogen-bond donors (Lipinski definition) is 0. The van der Waals surface area contributed by atoms with Crippen molar-refractivity contribution in [3.8, 4) is 0 Å². The number of para-hydroxylation sites is 1. The number of halogens is 2. The van der Waals surface area contributed by atoms with Gasteiger partial charge in [0.2, 0.25) is 0 Å². The van der Waals surface area contributed by atoms with E-state index in [1.165, 1.54) is 0 Å². The van der Waals surface area contributed by atoms with E-state index in [-0.39, 0.29) is 11.9 Å². The van der Waals surface area contributed by atoms with Crippen molar-refractivity contribution < 1.29 is 4.79 Å². The Balaban J connectivity index is 1.68. The van der Waals surface area contributed by atoms with Gasteiger partial charge in [0.25, 0.3) is 5.91 Å². The molecule has 0 radical (unpaired) electrons. The van der Waals surface area contributed by atoms with Gasteiger partial charge >= 0.3 is 0 Å². The zero-order valence-corrected chi connectivity index (χ0v) is 15.0. The fourth-order valence-electron chi connectivity index (χ4n) is 3.14. The molecule has 1 aromatic heterocycles. The molecule has 1 unspecified atom stereocenters. The first-order chi connectivity index (χ1) is 11.6. The molecule has 1 atom stereocenters. The van der Waals surface area contributed by atoms with Crippen LogP contribution in [0.2, 0.25) is 10.0 Å². The highest BCUT2D eigenvalue weighted by molar-refractivity contribution is 7.18. The van der Waals surface area contributed by atoms with Crippen LogP contribution in [0.15, 0.2) is 42.5 Å². The van der Waals surface area contributed by atoms with Gasteiger partial charge in [0.05, 0.1) is 16.3 Å². The molecule has 1 saturated heterocycles. The van der Waals surface area contributed by atoms with E-state index in [1.807, 2.05) is 23.1 Å². The Morgan fingerprint density at radius 2 is 1.92 bits per heavy atom. The molecule has 3 nitrogen and oxygen atoms in total. The van der Waals surface area contributed by atoms with Gasteiger partial charge in [-0.3, -0.25) is 4.79 Å². The van der Waals surface area contributed by atoms with E-state index in [4.69, 9.17) is 28.2 Å². The predicted octanol–water partition coefficient (Wildman–Crippen LogP) is 5.58. The molecule has 1 aliphatic rings. The summed E-state index contributed by atoms with van der Waals surface area (Å²) < 4.78 is 1.15. The van der Waals surface area contributed by atoms with Crippen LogP contribution in [-0.2, 0) is 0 Å². The number of carbonyl (C=O) groups excluding carboxylic acids is 1. The minimum absolute atomic E-state index is 0.0210. The Bertz CT molecular complexity index is 871. The van der Waals surface area contributed by atoms with Crippen LogP contribution >= 0.6 is 34.5 Å². The highest BCUT2D eigenvalue weighted by Gasteiger charge is 2.33. The molecule has 2 heterocycles. The highest BCUT2D eigenvalue weighted by atomic mass is 35.5. The van der Waals surface area contributed by atoms with Crippen molar-refractivity contribution in [1.82, 2.24) is 9.88 Å². The first kappa shape index (κ1) is 15.9. The highest BCUT2D eigenvalue weighted by Crippen LogP contribution is 2.37. The average molecular weight is 377 g/mol. The summed E-state index contributed by atoms with van der Waals surface area (Å²) in [7, 11) is 0. The van der Waals surface area contributed by atoms with Crippen molar-refractivity contribution in [3.05, 3.63) is 63.1 Å². The van der Waals surface area contributed by atoms with Crippen molar-refractivity contribution in [2.45, 2.75) is 18.9 Å². The Kier molecular flexibility index (Phi) is 4.21. The van der Waals surface area contributed by atoms with Crippen LogP contribution < -0.4 is 0 Å². The molecule has 2 aromatic carbocycles. The van der Waals surface area contributed by atoms with Crippen LogP contribution in [0.5, 0.6) is 0 Å². The van der Waals surface area contributed by atoms with Crippen molar-refractivity contribution in [3.63, 3.8) is 0 Å². The maximum Gasteiger partial charge on any atom is 0.254 e. The lowest BCUT2D eigenvalue weighted by molar-refractivity contribution is 0.0735. The fourth-order valence-corrected chi connectivity index (χ4v) is 4.78. The topological polar surface area (TPSA) is 33.2 Å². The second-order valence-corrected chi connectivity index (χ2v) is 7.77. The number of hydrogen-bond acceptors (Lipinski definition) is 3. The van der Waals surface area contributed by atoms with E-state index >= 15 is 0 Å². The maximum atomic E-state index is 12.9. The third-order valence-corrected chi connectivity index (χ3v) is 5.79. The van der Waals surface area contributed by atoms with E-state index in [9.17, 15) is 4.79 Å². The second kappa shape index (κ2) is 6.36. The summed E-state index contributed by atoms with van der Waals surface area (Å²) in [5.41, 5.74) is 1.52. The maximum absolute atomic E-state index is 12.9. The SMILES string of the molecule is O=C(c1cc(Cl)cc(Cl)c1)N1CCCC1c1nc2ccccc2s1. The van der Waals surface area contributed by atoms with E-state index in [2.05, 4.69) is 6.07 Å². The van der Waals surface area contributed by atoms with Crippen molar-refractivity contribution >= 4 is 50.7 Å². The molecule has 1 fully saturated rings. The summed E-state index contributed by atoms with van der Waals surface area (Å²) in [4.78, 5) is 19.6. The molecule has 1 amide bonds. The third kappa shape index (κ3) is 2.90. The first-order valence-corrected chi connectivity index (χ1v) is 9.31. The zero-order chi connectivity index (χ0) is 16.7. The van der Waals surface area contributed by atoms with Gasteiger partial charge in [0.15, 0.2) is 0 Å². The molecule has 1 aliphatic heterocycles. The fraction of sp³-hybridized carbons (Fsp3) is 0.222. The number of likely N-dealkylation sites (tertiary alicyclic amines) is 1. The number of fused-ring (bicyclic) bond motifs is 1. The van der Waals surface area contributed by atoms with Gasteiger partial charge in [0.1, 0.15) is 5.01 Å². The number of nitrogens with zero attached hydrogens (tertiary/aromatic N) is 2. The summed E-state index contributed by atoms with van der Waals surface area (Å²) in [5, 5.41) is 1.94. The summed E-state index contributed by atoms with van der Waals surface area (Å²) in [6, 6.07) is 13.1. The number of amides is 1. The summed E-state index contributed by atoms with van der Waals surface area (Å²) in [6.45, 7) is 0.726. The normalized spacial score (nSPS) is 17.6. The number of carbonyl (C=O) groups is 1. The lowest BCUT2D eigenvalue weighted by Gasteiger charge is -2.23. The predicted molar refractivity (Wildman–Crippen MR) is 99.1 cm³/mol.